The number of phenols is 1. The molecule has 0 radical (unpaired) electrons. The minimum Gasteiger partial charge on any atom is -0.506 e. The Bertz CT molecular complexity index is 921. The van der Waals surface area contributed by atoms with E-state index in [9.17, 15) is 14.7 Å². The number of aromatic hydroxyl groups is 1. The number of rotatable bonds is 4. The van der Waals surface area contributed by atoms with E-state index < -0.39 is 5.91 Å². The van der Waals surface area contributed by atoms with Crippen molar-refractivity contribution in [2.24, 2.45) is 0 Å². The van der Waals surface area contributed by atoms with Crippen LogP contribution in [-0.4, -0.2) is 32.1 Å². The number of hydrogen-bond acceptors (Lipinski definition) is 5. The van der Waals surface area contributed by atoms with E-state index in [0.717, 1.165) is 0 Å². The summed E-state index contributed by atoms with van der Waals surface area (Å²) in [7, 11) is 0. The summed E-state index contributed by atoms with van der Waals surface area (Å²) in [6, 6.07) is 11.3. The van der Waals surface area contributed by atoms with Crippen molar-refractivity contribution in [2.75, 3.05) is 10.6 Å². The minimum atomic E-state index is -0.506. The van der Waals surface area contributed by atoms with Crippen LogP contribution in [-0.2, 0) is 4.79 Å². The molecule has 0 saturated carbocycles. The number of carbonyl (C=O) groups excluding carboxylic acids is 2. The summed E-state index contributed by atoms with van der Waals surface area (Å²) in [5.74, 6) is -0.882. The summed E-state index contributed by atoms with van der Waals surface area (Å²) in [4.78, 5) is 27.6. The van der Waals surface area contributed by atoms with Gasteiger partial charge in [-0.05, 0) is 36.4 Å². The van der Waals surface area contributed by atoms with E-state index >= 15 is 0 Å². The number of nitrogens with zero attached hydrogens (tertiary/aromatic N) is 2. The maximum atomic E-state index is 12.3. The predicted octanol–water partition coefficient (Wildman–Crippen LogP) is 2.39. The molecule has 0 fully saturated rings. The molecule has 0 saturated heterocycles. The van der Waals surface area contributed by atoms with Gasteiger partial charge in [-0.3, -0.25) is 19.7 Å². The van der Waals surface area contributed by atoms with Gasteiger partial charge in [-0.25, -0.2) is 0 Å². The molecule has 0 aliphatic heterocycles. The smallest absolute Gasteiger partial charge is 0.276 e. The molecule has 25 heavy (non-hydrogen) atoms. The molecule has 2 amide bonds. The predicted molar refractivity (Wildman–Crippen MR) is 92.2 cm³/mol. The normalized spacial score (nSPS) is 10.3. The largest absolute Gasteiger partial charge is 0.506 e. The fourth-order valence-electron chi connectivity index (χ4n) is 2.19. The topological polar surface area (TPSA) is 120 Å². The number of phenolic OH excluding ortho intramolecular Hbond substituents is 1. The maximum absolute atomic E-state index is 12.3. The molecule has 8 nitrogen and oxygen atoms in total. The van der Waals surface area contributed by atoms with Gasteiger partial charge < -0.3 is 15.7 Å². The number of anilines is 2. The Kier molecular flexibility index (Phi) is 4.42. The highest BCUT2D eigenvalue weighted by molar-refractivity contribution is 6.04. The fourth-order valence-corrected chi connectivity index (χ4v) is 2.19. The lowest BCUT2D eigenvalue weighted by Gasteiger charge is -2.09. The summed E-state index contributed by atoms with van der Waals surface area (Å²) >= 11 is 0. The third kappa shape index (κ3) is 3.81. The summed E-state index contributed by atoms with van der Waals surface area (Å²) in [6.07, 6.45) is 1.64. The van der Waals surface area contributed by atoms with Crippen molar-refractivity contribution in [2.45, 2.75) is 6.92 Å². The lowest BCUT2D eigenvalue weighted by Crippen LogP contribution is -2.13. The molecule has 8 heteroatoms. The van der Waals surface area contributed by atoms with Crippen molar-refractivity contribution in [1.82, 2.24) is 15.2 Å². The third-order valence-electron chi connectivity index (χ3n) is 3.32. The Morgan fingerprint density at radius 3 is 2.68 bits per heavy atom. The lowest BCUT2D eigenvalue weighted by molar-refractivity contribution is -0.114. The van der Waals surface area contributed by atoms with Gasteiger partial charge in [0.25, 0.3) is 5.91 Å². The molecule has 1 aromatic carbocycles. The van der Waals surface area contributed by atoms with Crippen LogP contribution in [0.4, 0.5) is 11.4 Å². The van der Waals surface area contributed by atoms with Crippen LogP contribution in [0.3, 0.4) is 0 Å². The quantitative estimate of drug-likeness (QED) is 0.430. The first-order valence-corrected chi connectivity index (χ1v) is 7.41. The number of pyridine rings is 1. The average Bonchev–Trinajstić information content (AvgIpc) is 3.08. The van der Waals surface area contributed by atoms with Gasteiger partial charge in [-0.15, -0.1) is 0 Å². The SMILES string of the molecule is CC(=O)Nc1ccc(O)c(NC(=O)c2cc(-c3ccccn3)[nH]n2)c1. The highest BCUT2D eigenvalue weighted by Crippen LogP contribution is 2.27. The van der Waals surface area contributed by atoms with Crippen LogP contribution >= 0.6 is 0 Å². The molecule has 0 spiro atoms. The van der Waals surface area contributed by atoms with Gasteiger partial charge in [0, 0.05) is 18.8 Å². The first kappa shape index (κ1) is 16.2. The van der Waals surface area contributed by atoms with E-state index in [1.165, 1.54) is 25.1 Å². The summed E-state index contributed by atoms with van der Waals surface area (Å²) in [6.45, 7) is 1.37. The van der Waals surface area contributed by atoms with E-state index in [0.29, 0.717) is 17.1 Å². The molecular weight excluding hydrogens is 322 g/mol. The van der Waals surface area contributed by atoms with Gasteiger partial charge in [0.05, 0.1) is 17.1 Å². The summed E-state index contributed by atoms with van der Waals surface area (Å²) in [5.41, 5.74) is 2.02. The Balaban J connectivity index is 1.79. The first-order valence-electron chi connectivity index (χ1n) is 7.41. The number of aromatic nitrogens is 3. The van der Waals surface area contributed by atoms with Crippen LogP contribution < -0.4 is 10.6 Å². The Morgan fingerprint density at radius 2 is 1.96 bits per heavy atom. The molecule has 0 unspecified atom stereocenters. The van der Waals surface area contributed by atoms with Crippen LogP contribution in [0.2, 0.25) is 0 Å². The van der Waals surface area contributed by atoms with Gasteiger partial charge in [-0.1, -0.05) is 6.07 Å². The second-order valence-corrected chi connectivity index (χ2v) is 5.25. The number of aromatic amines is 1. The molecule has 0 atom stereocenters. The van der Waals surface area contributed by atoms with Crippen molar-refractivity contribution in [3.05, 3.63) is 54.4 Å². The third-order valence-corrected chi connectivity index (χ3v) is 3.32. The number of H-pyrrole nitrogens is 1. The molecule has 4 N–H and O–H groups in total. The molecule has 0 bridgehead atoms. The van der Waals surface area contributed by atoms with Gasteiger partial charge in [-0.2, -0.15) is 5.10 Å². The van der Waals surface area contributed by atoms with Crippen LogP contribution in [0.25, 0.3) is 11.4 Å². The molecule has 126 valence electrons. The lowest BCUT2D eigenvalue weighted by atomic mass is 10.2. The molecule has 2 heterocycles. The summed E-state index contributed by atoms with van der Waals surface area (Å²) in [5, 5.41) is 21.7. The zero-order valence-electron chi connectivity index (χ0n) is 13.3. The summed E-state index contributed by atoms with van der Waals surface area (Å²) < 4.78 is 0. The second-order valence-electron chi connectivity index (χ2n) is 5.25. The van der Waals surface area contributed by atoms with Crippen molar-refractivity contribution in [3.63, 3.8) is 0 Å². The second kappa shape index (κ2) is 6.83. The van der Waals surface area contributed by atoms with Crippen molar-refractivity contribution in [3.8, 4) is 17.1 Å². The Morgan fingerprint density at radius 1 is 1.12 bits per heavy atom. The van der Waals surface area contributed by atoms with Crippen LogP contribution in [0.5, 0.6) is 5.75 Å². The monoisotopic (exact) mass is 337 g/mol. The van der Waals surface area contributed by atoms with Crippen molar-refractivity contribution in [1.29, 1.82) is 0 Å². The highest BCUT2D eigenvalue weighted by Gasteiger charge is 2.14. The molecular formula is C17H15N5O3. The molecule has 0 aliphatic carbocycles. The van der Waals surface area contributed by atoms with Gasteiger partial charge >= 0.3 is 0 Å². The Hall–Kier alpha value is -3.68. The zero-order chi connectivity index (χ0) is 17.8. The zero-order valence-corrected chi connectivity index (χ0v) is 13.3. The number of nitrogens with one attached hydrogen (secondary N) is 3. The fraction of sp³-hybridized carbons (Fsp3) is 0.0588. The first-order chi connectivity index (χ1) is 12.0. The molecule has 0 aliphatic rings. The van der Waals surface area contributed by atoms with Gasteiger partial charge in [0.1, 0.15) is 5.75 Å². The maximum Gasteiger partial charge on any atom is 0.276 e. The minimum absolute atomic E-state index is 0.122. The van der Waals surface area contributed by atoms with Crippen molar-refractivity contribution < 1.29 is 14.7 Å². The molecule has 3 aromatic rings. The van der Waals surface area contributed by atoms with E-state index in [4.69, 9.17) is 0 Å². The van der Waals surface area contributed by atoms with Crippen LogP contribution in [0, 0.1) is 0 Å². The molecule has 3 rings (SSSR count). The standard InChI is InChI=1S/C17H15N5O3/c1-10(23)19-11-5-6-16(24)14(8-11)20-17(25)15-9-13(21-22-15)12-4-2-3-7-18-12/h2-9,24H,1H3,(H,19,23)(H,20,25)(H,21,22). The van der Waals surface area contributed by atoms with Crippen LogP contribution in [0.1, 0.15) is 17.4 Å². The number of benzene rings is 1. The average molecular weight is 337 g/mol. The van der Waals surface area contributed by atoms with Crippen molar-refractivity contribution >= 4 is 23.2 Å². The number of hydrogen-bond donors (Lipinski definition) is 4. The van der Waals surface area contributed by atoms with Crippen LogP contribution in [0.15, 0.2) is 48.7 Å². The highest BCUT2D eigenvalue weighted by atomic mass is 16.3. The number of carbonyl (C=O) groups is 2. The van der Waals surface area contributed by atoms with E-state index in [-0.39, 0.29) is 23.0 Å². The number of amides is 2. The van der Waals surface area contributed by atoms with E-state index in [1.54, 1.807) is 24.4 Å². The Labute approximate surface area is 142 Å². The van der Waals surface area contributed by atoms with E-state index in [1.807, 2.05) is 6.07 Å². The van der Waals surface area contributed by atoms with Gasteiger partial charge in [0.15, 0.2) is 5.69 Å². The molecule has 2 aromatic heterocycles. The van der Waals surface area contributed by atoms with Gasteiger partial charge in [0.2, 0.25) is 5.91 Å². The van der Waals surface area contributed by atoms with E-state index in [2.05, 4.69) is 25.8 Å².